The van der Waals surface area contributed by atoms with E-state index >= 15 is 0 Å². The third-order valence-corrected chi connectivity index (χ3v) is 4.71. The predicted octanol–water partition coefficient (Wildman–Crippen LogP) is 2.28. The van der Waals surface area contributed by atoms with Crippen molar-refractivity contribution in [3.05, 3.63) is 66.4 Å². The molecule has 3 aromatic rings. The van der Waals surface area contributed by atoms with E-state index in [-0.39, 0.29) is 11.9 Å². The van der Waals surface area contributed by atoms with E-state index < -0.39 is 0 Å². The highest BCUT2D eigenvalue weighted by Crippen LogP contribution is 2.25. The monoisotopic (exact) mass is 351 g/mol. The summed E-state index contributed by atoms with van der Waals surface area (Å²) in [4.78, 5) is 18.9. The lowest BCUT2D eigenvalue weighted by molar-refractivity contribution is 0.0654. The molecule has 7 heteroatoms. The number of fused-ring (bicyclic) bond motifs is 1. The normalized spacial score (nSPS) is 16.3. The number of carbonyl (C=O) groups is 1. The number of carbonyl (C=O) groups excluding carboxylic acids is 1. The van der Waals surface area contributed by atoms with E-state index in [4.69, 9.17) is 4.74 Å². The summed E-state index contributed by atoms with van der Waals surface area (Å²) in [5.41, 5.74) is 1.74. The maximum Gasteiger partial charge on any atom is 0.272 e. The van der Waals surface area contributed by atoms with Gasteiger partial charge in [0.15, 0.2) is 0 Å². The van der Waals surface area contributed by atoms with Crippen molar-refractivity contribution in [1.29, 1.82) is 0 Å². The van der Waals surface area contributed by atoms with Crippen LogP contribution in [0.1, 0.15) is 28.6 Å². The summed E-state index contributed by atoms with van der Waals surface area (Å²) in [6, 6.07) is 11.6. The number of pyridine rings is 1. The summed E-state index contributed by atoms with van der Waals surface area (Å²) in [6.45, 7) is 1.80. The summed E-state index contributed by atoms with van der Waals surface area (Å²) in [7, 11) is 1.79. The largest absolute Gasteiger partial charge is 0.478 e. The molecule has 26 heavy (non-hydrogen) atoms. The summed E-state index contributed by atoms with van der Waals surface area (Å²) >= 11 is 0. The van der Waals surface area contributed by atoms with Crippen molar-refractivity contribution in [3.8, 4) is 5.88 Å². The van der Waals surface area contributed by atoms with E-state index in [0.717, 1.165) is 12.1 Å². The molecular weight excluding hydrogens is 330 g/mol. The van der Waals surface area contributed by atoms with Crippen LogP contribution in [0.3, 0.4) is 0 Å². The first kappa shape index (κ1) is 16.4. The van der Waals surface area contributed by atoms with Crippen LogP contribution in [0.25, 0.3) is 0 Å². The topological polar surface area (TPSA) is 65.2 Å². The molecular formula is C19H21N5O2. The Kier molecular flexibility index (Phi) is 4.43. The van der Waals surface area contributed by atoms with Gasteiger partial charge < -0.3 is 14.2 Å². The lowest BCUT2D eigenvalue weighted by atomic mass is 10.1. The van der Waals surface area contributed by atoms with Gasteiger partial charge in [-0.15, -0.1) is 0 Å². The van der Waals surface area contributed by atoms with Crippen LogP contribution in [0, 0.1) is 0 Å². The fourth-order valence-corrected chi connectivity index (χ4v) is 3.38. The van der Waals surface area contributed by atoms with E-state index in [1.807, 2.05) is 29.2 Å². The number of hydrogen-bond donors (Lipinski definition) is 0. The van der Waals surface area contributed by atoms with Crippen LogP contribution in [-0.2, 0) is 13.6 Å². The van der Waals surface area contributed by atoms with Crippen LogP contribution in [0.2, 0.25) is 0 Å². The van der Waals surface area contributed by atoms with Gasteiger partial charge in [0, 0.05) is 50.4 Å². The summed E-state index contributed by atoms with van der Waals surface area (Å²) in [5.74, 6) is 0.631. The van der Waals surface area contributed by atoms with Gasteiger partial charge in [-0.2, -0.15) is 5.10 Å². The number of aromatic nitrogens is 4. The standard InChI is InChI=1S/C19H21N5O2/c1-22-17(7-10-21-22)19(25)23-13-15-5-4-11-24(15)16(14-23)8-12-26-18-6-2-3-9-20-18/h2-7,9-11,16H,8,12-14H2,1H3/t16-/m0/s1. The number of aryl methyl sites for hydroxylation is 1. The average molecular weight is 351 g/mol. The molecule has 4 heterocycles. The molecule has 0 bridgehead atoms. The lowest BCUT2D eigenvalue weighted by Gasteiger charge is -2.35. The molecule has 4 rings (SSSR count). The van der Waals surface area contributed by atoms with E-state index in [9.17, 15) is 4.79 Å². The fraction of sp³-hybridized carbons (Fsp3) is 0.316. The Labute approximate surface area is 151 Å². The maximum atomic E-state index is 12.9. The molecule has 1 amide bonds. The minimum absolute atomic E-state index is 0.00749. The molecule has 0 spiro atoms. The number of nitrogens with zero attached hydrogens (tertiary/aromatic N) is 5. The number of rotatable bonds is 5. The van der Waals surface area contributed by atoms with Gasteiger partial charge in [0.2, 0.25) is 5.88 Å². The van der Waals surface area contributed by atoms with Crippen molar-refractivity contribution in [2.24, 2.45) is 7.05 Å². The Hall–Kier alpha value is -3.09. The first-order chi connectivity index (χ1) is 12.7. The van der Waals surface area contributed by atoms with Crippen LogP contribution in [0.4, 0.5) is 0 Å². The quantitative estimate of drug-likeness (QED) is 0.707. The summed E-state index contributed by atoms with van der Waals surface area (Å²) in [6.07, 6.45) is 6.24. The molecule has 1 aliphatic heterocycles. The average Bonchev–Trinajstić information content (AvgIpc) is 3.30. The van der Waals surface area contributed by atoms with Crippen LogP contribution < -0.4 is 4.74 Å². The Morgan fingerprint density at radius 2 is 2.15 bits per heavy atom. The summed E-state index contributed by atoms with van der Waals surface area (Å²) < 4.78 is 9.61. The predicted molar refractivity (Wildman–Crippen MR) is 95.8 cm³/mol. The molecule has 0 saturated carbocycles. The molecule has 0 aliphatic carbocycles. The van der Waals surface area contributed by atoms with E-state index in [2.05, 4.69) is 26.9 Å². The highest BCUT2D eigenvalue weighted by molar-refractivity contribution is 5.92. The zero-order valence-electron chi connectivity index (χ0n) is 14.7. The van der Waals surface area contributed by atoms with Gasteiger partial charge in [0.1, 0.15) is 5.69 Å². The minimum Gasteiger partial charge on any atom is -0.478 e. The van der Waals surface area contributed by atoms with Crippen molar-refractivity contribution in [1.82, 2.24) is 24.2 Å². The van der Waals surface area contributed by atoms with Crippen molar-refractivity contribution in [2.45, 2.75) is 19.0 Å². The van der Waals surface area contributed by atoms with E-state index in [1.54, 1.807) is 30.2 Å². The van der Waals surface area contributed by atoms with Crippen molar-refractivity contribution >= 4 is 5.91 Å². The molecule has 0 fully saturated rings. The van der Waals surface area contributed by atoms with Gasteiger partial charge in [-0.3, -0.25) is 9.48 Å². The second kappa shape index (κ2) is 7.03. The molecule has 0 N–H and O–H groups in total. The molecule has 0 saturated heterocycles. The molecule has 7 nitrogen and oxygen atoms in total. The third kappa shape index (κ3) is 3.20. The Balaban J connectivity index is 1.46. The van der Waals surface area contributed by atoms with Gasteiger partial charge in [-0.25, -0.2) is 4.98 Å². The molecule has 0 radical (unpaired) electrons. The van der Waals surface area contributed by atoms with E-state index in [1.165, 1.54) is 0 Å². The maximum absolute atomic E-state index is 12.9. The van der Waals surface area contributed by atoms with E-state index in [0.29, 0.717) is 31.3 Å². The molecule has 1 atom stereocenters. The molecule has 0 unspecified atom stereocenters. The smallest absolute Gasteiger partial charge is 0.272 e. The molecule has 1 aliphatic rings. The Bertz CT molecular complexity index is 886. The fourth-order valence-electron chi connectivity index (χ4n) is 3.38. The number of amides is 1. The first-order valence-electron chi connectivity index (χ1n) is 8.69. The third-order valence-electron chi connectivity index (χ3n) is 4.71. The SMILES string of the molecule is Cn1nccc1C(=O)N1Cc2cccn2[C@@H](CCOc2ccccn2)C1. The van der Waals surface area contributed by atoms with Crippen LogP contribution in [0.15, 0.2) is 55.0 Å². The molecule has 3 aromatic heterocycles. The van der Waals surface area contributed by atoms with Crippen LogP contribution in [0.5, 0.6) is 5.88 Å². The molecule has 134 valence electrons. The first-order valence-corrected chi connectivity index (χ1v) is 8.69. The van der Waals surface area contributed by atoms with Gasteiger partial charge in [-0.1, -0.05) is 6.07 Å². The van der Waals surface area contributed by atoms with Gasteiger partial charge >= 0.3 is 0 Å². The van der Waals surface area contributed by atoms with Gasteiger partial charge in [0.25, 0.3) is 5.91 Å². The summed E-state index contributed by atoms with van der Waals surface area (Å²) in [5, 5.41) is 4.11. The zero-order chi connectivity index (χ0) is 17.9. The van der Waals surface area contributed by atoms with Crippen molar-refractivity contribution < 1.29 is 9.53 Å². The van der Waals surface area contributed by atoms with Crippen LogP contribution >= 0.6 is 0 Å². The number of hydrogen-bond acceptors (Lipinski definition) is 4. The van der Waals surface area contributed by atoms with Gasteiger partial charge in [-0.05, 0) is 24.3 Å². The van der Waals surface area contributed by atoms with Crippen molar-refractivity contribution in [3.63, 3.8) is 0 Å². The second-order valence-corrected chi connectivity index (χ2v) is 6.39. The number of ether oxygens (including phenoxy) is 1. The van der Waals surface area contributed by atoms with Crippen molar-refractivity contribution in [2.75, 3.05) is 13.2 Å². The van der Waals surface area contributed by atoms with Gasteiger partial charge in [0.05, 0.1) is 19.2 Å². The minimum atomic E-state index is 0.00749. The zero-order valence-corrected chi connectivity index (χ0v) is 14.7. The Morgan fingerprint density at radius 1 is 1.23 bits per heavy atom. The highest BCUT2D eigenvalue weighted by atomic mass is 16.5. The second-order valence-electron chi connectivity index (χ2n) is 6.39. The molecule has 0 aromatic carbocycles. The van der Waals surface area contributed by atoms with Crippen LogP contribution in [-0.4, -0.2) is 43.3 Å². The Morgan fingerprint density at radius 3 is 2.92 bits per heavy atom. The highest BCUT2D eigenvalue weighted by Gasteiger charge is 2.29. The lowest BCUT2D eigenvalue weighted by Crippen LogP contribution is -2.41.